The van der Waals surface area contributed by atoms with Gasteiger partial charge < -0.3 is 11.5 Å². The average molecular weight is 151 g/mol. The highest BCUT2D eigenvalue weighted by molar-refractivity contribution is 6.13. The summed E-state index contributed by atoms with van der Waals surface area (Å²) in [4.78, 5) is 13.9. The standard InChI is InChI=1S/C7H9N3O/c1-3-6(8)5(4-11)7(9)10-2/h1,4H,8H2,2H3,(H2,9,10)/b6-5-. The van der Waals surface area contributed by atoms with Crippen molar-refractivity contribution in [2.45, 2.75) is 0 Å². The molecule has 58 valence electrons. The summed E-state index contributed by atoms with van der Waals surface area (Å²) in [7, 11) is 1.45. The lowest BCUT2D eigenvalue weighted by molar-refractivity contribution is -0.104. The summed E-state index contributed by atoms with van der Waals surface area (Å²) >= 11 is 0. The van der Waals surface area contributed by atoms with Gasteiger partial charge in [-0.1, -0.05) is 5.92 Å². The summed E-state index contributed by atoms with van der Waals surface area (Å²) in [5, 5.41) is 0. The predicted octanol–water partition coefficient (Wildman–Crippen LogP) is -0.982. The Morgan fingerprint density at radius 2 is 2.18 bits per heavy atom. The molecule has 0 aromatic heterocycles. The van der Waals surface area contributed by atoms with Crippen LogP contribution in [0.4, 0.5) is 0 Å². The third-order valence-corrected chi connectivity index (χ3v) is 1.08. The van der Waals surface area contributed by atoms with E-state index in [1.54, 1.807) is 0 Å². The number of allylic oxidation sites excluding steroid dienone is 1. The van der Waals surface area contributed by atoms with Gasteiger partial charge in [0.15, 0.2) is 6.29 Å². The maximum Gasteiger partial charge on any atom is 0.156 e. The van der Waals surface area contributed by atoms with Crippen molar-refractivity contribution in [3.63, 3.8) is 0 Å². The number of nitrogens with zero attached hydrogens (tertiary/aromatic N) is 1. The van der Waals surface area contributed by atoms with Gasteiger partial charge in [-0.15, -0.1) is 6.42 Å². The van der Waals surface area contributed by atoms with E-state index in [0.717, 1.165) is 0 Å². The molecule has 0 aliphatic rings. The summed E-state index contributed by atoms with van der Waals surface area (Å²) < 4.78 is 0. The summed E-state index contributed by atoms with van der Waals surface area (Å²) in [5.74, 6) is 2.15. The van der Waals surface area contributed by atoms with Crippen LogP contribution in [0, 0.1) is 12.3 Å². The second-order valence-electron chi connectivity index (χ2n) is 1.70. The Hall–Kier alpha value is -1.76. The lowest BCUT2D eigenvalue weighted by atomic mass is 10.2. The highest BCUT2D eigenvalue weighted by Crippen LogP contribution is 1.93. The van der Waals surface area contributed by atoms with Gasteiger partial charge in [-0.2, -0.15) is 0 Å². The van der Waals surface area contributed by atoms with Crippen LogP contribution < -0.4 is 11.5 Å². The van der Waals surface area contributed by atoms with E-state index >= 15 is 0 Å². The molecule has 0 spiro atoms. The Bertz CT molecular complexity index is 257. The number of terminal acetylenes is 1. The zero-order chi connectivity index (χ0) is 8.85. The monoisotopic (exact) mass is 151 g/mol. The van der Waals surface area contributed by atoms with Crippen LogP contribution in [0.3, 0.4) is 0 Å². The zero-order valence-corrected chi connectivity index (χ0v) is 6.16. The van der Waals surface area contributed by atoms with E-state index in [-0.39, 0.29) is 17.1 Å². The smallest absolute Gasteiger partial charge is 0.156 e. The van der Waals surface area contributed by atoms with Crippen molar-refractivity contribution in [3.05, 3.63) is 11.3 Å². The van der Waals surface area contributed by atoms with E-state index in [4.69, 9.17) is 17.9 Å². The van der Waals surface area contributed by atoms with Crippen molar-refractivity contribution in [1.29, 1.82) is 0 Å². The highest BCUT2D eigenvalue weighted by atomic mass is 16.1. The van der Waals surface area contributed by atoms with Crippen molar-refractivity contribution in [2.75, 3.05) is 7.05 Å². The third kappa shape index (κ3) is 2.14. The van der Waals surface area contributed by atoms with E-state index in [1.807, 2.05) is 0 Å². The molecule has 0 aliphatic carbocycles. The quantitative estimate of drug-likeness (QED) is 0.175. The van der Waals surface area contributed by atoms with Gasteiger partial charge in [0, 0.05) is 7.05 Å². The van der Waals surface area contributed by atoms with Gasteiger partial charge in [-0.25, -0.2) is 0 Å². The number of amidine groups is 1. The Morgan fingerprint density at radius 3 is 2.45 bits per heavy atom. The number of rotatable bonds is 2. The van der Waals surface area contributed by atoms with E-state index in [0.29, 0.717) is 6.29 Å². The van der Waals surface area contributed by atoms with E-state index in [9.17, 15) is 4.79 Å². The largest absolute Gasteiger partial charge is 0.391 e. The molecule has 0 fully saturated rings. The maximum absolute atomic E-state index is 10.3. The molecule has 0 unspecified atom stereocenters. The summed E-state index contributed by atoms with van der Waals surface area (Å²) in [6.07, 6.45) is 5.42. The Labute approximate surface area is 65.0 Å². The lowest BCUT2D eigenvalue weighted by Gasteiger charge is -1.97. The fraction of sp³-hybridized carbons (Fsp3) is 0.143. The number of carbonyl (C=O) groups is 1. The summed E-state index contributed by atoms with van der Waals surface area (Å²) in [6, 6.07) is 0. The number of hydrogen-bond donors (Lipinski definition) is 2. The molecule has 0 aromatic carbocycles. The predicted molar refractivity (Wildman–Crippen MR) is 43.7 cm³/mol. The first kappa shape index (κ1) is 9.24. The van der Waals surface area contributed by atoms with Gasteiger partial charge in [-0.05, 0) is 0 Å². The van der Waals surface area contributed by atoms with Crippen molar-refractivity contribution in [2.24, 2.45) is 16.5 Å². The summed E-state index contributed by atoms with van der Waals surface area (Å²) in [5.41, 5.74) is 10.6. The van der Waals surface area contributed by atoms with Crippen LogP contribution in [0.5, 0.6) is 0 Å². The average Bonchev–Trinajstić information content (AvgIpc) is 2.05. The molecule has 0 aliphatic heterocycles. The first-order chi connectivity index (χ1) is 5.17. The molecule has 0 saturated carbocycles. The van der Waals surface area contributed by atoms with Gasteiger partial charge in [0.05, 0.1) is 11.3 Å². The van der Waals surface area contributed by atoms with Crippen LogP contribution in [0.15, 0.2) is 16.3 Å². The molecule has 0 rings (SSSR count). The molecule has 11 heavy (non-hydrogen) atoms. The normalized spacial score (nSPS) is 13.3. The number of hydrogen-bond acceptors (Lipinski definition) is 3. The first-order valence-corrected chi connectivity index (χ1v) is 2.81. The van der Waals surface area contributed by atoms with E-state index < -0.39 is 0 Å². The van der Waals surface area contributed by atoms with Crippen molar-refractivity contribution < 1.29 is 4.79 Å². The lowest BCUT2D eigenvalue weighted by Crippen LogP contribution is -2.19. The molecule has 0 amide bonds. The van der Waals surface area contributed by atoms with Gasteiger partial charge in [0.1, 0.15) is 5.84 Å². The number of carbonyl (C=O) groups excluding carboxylic acids is 1. The van der Waals surface area contributed by atoms with Gasteiger partial charge >= 0.3 is 0 Å². The molecule has 4 N–H and O–H groups in total. The molecule has 0 aromatic rings. The second-order valence-corrected chi connectivity index (χ2v) is 1.70. The SMILES string of the molecule is C#C/C(N)=C(\C=O)C(N)=NC. The molecule has 0 saturated heterocycles. The second kappa shape index (κ2) is 4.12. The van der Waals surface area contributed by atoms with E-state index in [2.05, 4.69) is 10.9 Å². The van der Waals surface area contributed by atoms with Crippen molar-refractivity contribution in [1.82, 2.24) is 0 Å². The Morgan fingerprint density at radius 1 is 1.64 bits per heavy atom. The first-order valence-electron chi connectivity index (χ1n) is 2.81. The van der Waals surface area contributed by atoms with Gasteiger partial charge in [0.25, 0.3) is 0 Å². The Kier molecular flexibility index (Phi) is 3.46. The number of aliphatic imine (C=N–C) groups is 1. The molecule has 0 atom stereocenters. The fourth-order valence-corrected chi connectivity index (χ4v) is 0.460. The minimum absolute atomic E-state index is 0.00287. The molecule has 4 nitrogen and oxygen atoms in total. The maximum atomic E-state index is 10.3. The van der Waals surface area contributed by atoms with Crippen molar-refractivity contribution in [3.8, 4) is 12.3 Å². The minimum atomic E-state index is 0.00287. The molecular weight excluding hydrogens is 142 g/mol. The number of aldehydes is 1. The van der Waals surface area contributed by atoms with Crippen LogP contribution in [0.2, 0.25) is 0 Å². The van der Waals surface area contributed by atoms with Gasteiger partial charge in [-0.3, -0.25) is 9.79 Å². The highest BCUT2D eigenvalue weighted by Gasteiger charge is 2.03. The van der Waals surface area contributed by atoms with Crippen molar-refractivity contribution >= 4 is 12.1 Å². The van der Waals surface area contributed by atoms with Crippen LogP contribution in [0.25, 0.3) is 0 Å². The molecule has 0 heterocycles. The topological polar surface area (TPSA) is 81.5 Å². The molecule has 4 heteroatoms. The third-order valence-electron chi connectivity index (χ3n) is 1.08. The van der Waals surface area contributed by atoms with Crippen LogP contribution in [0.1, 0.15) is 0 Å². The molecule has 0 radical (unpaired) electrons. The molecule has 0 bridgehead atoms. The van der Waals surface area contributed by atoms with Crippen LogP contribution in [-0.4, -0.2) is 19.2 Å². The molecular formula is C7H9N3O. The zero-order valence-electron chi connectivity index (χ0n) is 6.16. The summed E-state index contributed by atoms with van der Waals surface area (Å²) in [6.45, 7) is 0. The van der Waals surface area contributed by atoms with Crippen LogP contribution in [-0.2, 0) is 4.79 Å². The Balaban J connectivity index is 5.00. The van der Waals surface area contributed by atoms with Crippen LogP contribution >= 0.6 is 0 Å². The minimum Gasteiger partial charge on any atom is -0.391 e. The fourth-order valence-electron chi connectivity index (χ4n) is 0.460. The van der Waals surface area contributed by atoms with E-state index in [1.165, 1.54) is 7.05 Å². The van der Waals surface area contributed by atoms with Gasteiger partial charge in [0.2, 0.25) is 0 Å². The number of nitrogens with two attached hydrogens (primary N) is 2.